The van der Waals surface area contributed by atoms with Crippen molar-refractivity contribution >= 4 is 128 Å². The molecule has 4 aromatic carbocycles. The van der Waals surface area contributed by atoms with E-state index >= 15 is 0 Å². The number of aromatic nitrogens is 4. The van der Waals surface area contributed by atoms with Crippen molar-refractivity contribution in [1.82, 2.24) is 89.1 Å². The van der Waals surface area contributed by atoms with Crippen LogP contribution in [0.5, 0.6) is 0 Å². The van der Waals surface area contributed by atoms with Gasteiger partial charge in [-0.1, -0.05) is 137 Å². The van der Waals surface area contributed by atoms with E-state index in [2.05, 4.69) is 99.0 Å². The standard InChI is InChI=1S/C92H127N23O21/c1-4-6-26-65(105-55(3)116)81(124)109-69(32-36-78(119)120)85(128)111-71(46-56-20-10-8-11-21-56)87(130)107-67(30-18-38-100-91(93)94)83(126)113-73(48-58-51-102-63-28-16-14-24-61(58)63)80(123)99-41-43-136-45-44-135-42-40-98-76(117)34-35-77(118)106-66(27-7-5-2)82(125)110-70(33-37-79(121)122)86(129)114-74(50-60-53-97-54-104-60)89(132)112-72(47-57-22-12-9-13-23-57)88(131)108-68(31-19-39-101-92(95)96)84(127)115-75(90(133)134)49-59-52-103-64-29-17-15-25-62(59)64/h8-17,20-25,28-29,51-54,65-75,102-103H,4-7,18-19,26-27,30-50H2,1-3H3,(H,97,104)(H,98,117)(H,99,123)(H,105,116)(H,106,118)(H,107,130)(H,108,131)(H,109,124)(H,110,125)(H,111,128)(H,112,132)(H,113,126)(H,114,129)(H,115,127)(H,119,120)(H,121,122)(H,133,134)(H4,93,94,100)(H4,95,96,101)/t65-,66-,67-,68-,69-,70-,71+,72+,73-,74-,75-/m0/s1. The van der Waals surface area contributed by atoms with Gasteiger partial charge in [0.1, 0.15) is 66.5 Å². The molecule has 736 valence electrons. The Morgan fingerprint density at radius 3 is 1.12 bits per heavy atom. The van der Waals surface area contributed by atoms with Gasteiger partial charge in [-0.15, -0.1) is 0 Å². The van der Waals surface area contributed by atoms with Crippen LogP contribution in [0.1, 0.15) is 151 Å². The Bertz CT molecular complexity index is 5160. The third-order valence-electron chi connectivity index (χ3n) is 21.7. The lowest BCUT2D eigenvalue weighted by Gasteiger charge is -2.27. The Kier molecular flexibility index (Phi) is 46.3. The van der Waals surface area contributed by atoms with Gasteiger partial charge in [0.05, 0.1) is 38.4 Å². The number of nitrogens with one attached hydrogen (secondary N) is 16. The van der Waals surface area contributed by atoms with Crippen LogP contribution in [0.4, 0.5) is 0 Å². The second-order valence-electron chi connectivity index (χ2n) is 32.4. The summed E-state index contributed by atoms with van der Waals surface area (Å²) in [6.07, 6.45) is 4.71. The van der Waals surface area contributed by atoms with E-state index in [-0.39, 0.29) is 147 Å². The molecule has 7 rings (SSSR count). The fourth-order valence-corrected chi connectivity index (χ4v) is 14.6. The zero-order valence-electron chi connectivity index (χ0n) is 76.4. The van der Waals surface area contributed by atoms with E-state index in [1.54, 1.807) is 103 Å². The van der Waals surface area contributed by atoms with Crippen LogP contribution in [-0.4, -0.2) is 261 Å². The summed E-state index contributed by atoms with van der Waals surface area (Å²) in [5, 5.41) is 65.8. The van der Waals surface area contributed by atoms with E-state index in [4.69, 9.17) is 32.4 Å². The van der Waals surface area contributed by atoms with Crippen molar-refractivity contribution in [3.05, 3.63) is 162 Å². The van der Waals surface area contributed by atoms with Crippen LogP contribution in [0.2, 0.25) is 0 Å². The van der Waals surface area contributed by atoms with Crippen molar-refractivity contribution in [2.75, 3.05) is 52.6 Å². The Morgan fingerprint density at radius 2 is 0.721 bits per heavy atom. The summed E-state index contributed by atoms with van der Waals surface area (Å²) in [6, 6.07) is 15.8. The number of H-pyrrole nitrogens is 3. The summed E-state index contributed by atoms with van der Waals surface area (Å²) >= 11 is 0. The SMILES string of the molecule is CCCC[C@H](NC(C)=O)C(=O)N[C@@H](CCC(=O)O)C(=O)N[C@H](Cc1ccccc1)C(=O)N[C@@H](CCCN=C(N)N)C(=O)N[C@@H](Cc1c[nH]c2ccccc12)C(=O)NCCOCCOCCNC(=O)CCC(=O)N[C@@H](CCCC)C(=O)N[C@@H](CCC(=O)O)C(=O)N[C@@H](Cc1c[nH]cn1)C(=O)N[C@H](Cc1ccccc1)C(=O)N[C@@H](CCCN=C(N)N)C(=O)N[C@@H](Cc1c[nH]c2ccccc12)C(=O)O. The molecule has 0 radical (unpaired) electrons. The quantitative estimate of drug-likeness (QED) is 0.0131. The van der Waals surface area contributed by atoms with Crippen LogP contribution >= 0.6 is 0 Å². The summed E-state index contributed by atoms with van der Waals surface area (Å²) in [7, 11) is 0. The molecule has 0 bridgehead atoms. The third-order valence-corrected chi connectivity index (χ3v) is 21.7. The molecule has 13 amide bonds. The van der Waals surface area contributed by atoms with Crippen molar-refractivity contribution < 1.29 is 102 Å². The lowest BCUT2D eigenvalue weighted by Crippen LogP contribution is -2.60. The van der Waals surface area contributed by atoms with E-state index in [0.717, 1.165) is 21.8 Å². The number of carboxylic acid groups (broad SMARTS) is 3. The lowest BCUT2D eigenvalue weighted by molar-refractivity contribution is -0.142. The maximum Gasteiger partial charge on any atom is 0.326 e. The molecule has 0 saturated carbocycles. The molecule has 0 saturated heterocycles. The summed E-state index contributed by atoms with van der Waals surface area (Å²) in [5.41, 5.74) is 26.5. The maximum atomic E-state index is 14.8. The molecule has 0 aliphatic rings. The molecular formula is C92H127N23O21. The van der Waals surface area contributed by atoms with Gasteiger partial charge in [0.25, 0.3) is 0 Å². The second kappa shape index (κ2) is 58.2. The van der Waals surface area contributed by atoms with Crippen LogP contribution in [0.25, 0.3) is 21.8 Å². The first-order valence-electron chi connectivity index (χ1n) is 45.2. The minimum atomic E-state index is -1.65. The van der Waals surface area contributed by atoms with Crippen molar-refractivity contribution in [2.24, 2.45) is 32.9 Å². The highest BCUT2D eigenvalue weighted by Crippen LogP contribution is 2.23. The lowest BCUT2D eigenvalue weighted by atomic mass is 10.0. The normalized spacial score (nSPS) is 13.5. The van der Waals surface area contributed by atoms with E-state index in [9.17, 15) is 92.0 Å². The van der Waals surface area contributed by atoms with Crippen LogP contribution < -0.4 is 92.1 Å². The molecule has 0 fully saturated rings. The van der Waals surface area contributed by atoms with Gasteiger partial charge < -0.3 is 132 Å². The van der Waals surface area contributed by atoms with Crippen LogP contribution in [-0.2, 0) is 118 Å². The molecule has 136 heavy (non-hydrogen) atoms. The molecule has 44 nitrogen and oxygen atoms in total. The number of nitrogens with two attached hydrogens (primary N) is 4. The van der Waals surface area contributed by atoms with Gasteiger partial charge in [-0.3, -0.25) is 81.9 Å². The van der Waals surface area contributed by atoms with Crippen molar-refractivity contribution in [3.63, 3.8) is 0 Å². The average Bonchev–Trinajstić information content (AvgIpc) is 1.75. The number of rotatable bonds is 64. The number of benzene rings is 4. The number of hydrogen-bond donors (Lipinski definition) is 23. The number of guanidine groups is 2. The van der Waals surface area contributed by atoms with Gasteiger partial charge in [-0.2, -0.15) is 0 Å². The average molecular weight is 1890 g/mol. The predicted molar refractivity (Wildman–Crippen MR) is 501 cm³/mol. The topological polar surface area (TPSA) is 698 Å². The molecule has 0 unspecified atom stereocenters. The zero-order chi connectivity index (χ0) is 98.9. The molecule has 0 spiro atoms. The number of ether oxygens (including phenoxy) is 2. The predicted octanol–water partition coefficient (Wildman–Crippen LogP) is -0.414. The number of amides is 13. The largest absolute Gasteiger partial charge is 0.481 e. The maximum absolute atomic E-state index is 14.8. The number of aromatic amines is 3. The number of carbonyl (C=O) groups excluding carboxylic acids is 13. The van der Waals surface area contributed by atoms with Crippen LogP contribution in [0, 0.1) is 0 Å². The van der Waals surface area contributed by atoms with E-state index in [0.29, 0.717) is 47.9 Å². The number of para-hydroxylation sites is 2. The van der Waals surface area contributed by atoms with Crippen molar-refractivity contribution in [2.45, 2.75) is 222 Å². The summed E-state index contributed by atoms with van der Waals surface area (Å²) in [5.74, 6) is -15.0. The highest BCUT2D eigenvalue weighted by Gasteiger charge is 2.38. The molecule has 3 aromatic heterocycles. The highest BCUT2D eigenvalue weighted by atomic mass is 16.5. The first-order valence-corrected chi connectivity index (χ1v) is 45.2. The fourth-order valence-electron chi connectivity index (χ4n) is 14.6. The molecule has 11 atom stereocenters. The zero-order valence-corrected chi connectivity index (χ0v) is 76.4. The number of aliphatic carboxylic acids is 3. The summed E-state index contributed by atoms with van der Waals surface area (Å²) in [4.78, 5) is 241. The number of imidazole rings is 1. The molecule has 0 aliphatic heterocycles. The second-order valence-corrected chi connectivity index (χ2v) is 32.4. The van der Waals surface area contributed by atoms with Gasteiger partial charge in [0.2, 0.25) is 76.8 Å². The molecule has 44 heteroatoms. The number of carbonyl (C=O) groups is 16. The van der Waals surface area contributed by atoms with Gasteiger partial charge in [0, 0.05) is 131 Å². The fraction of sp³-hybridized carbons (Fsp3) is 0.467. The van der Waals surface area contributed by atoms with Gasteiger partial charge >= 0.3 is 17.9 Å². The number of carboxylic acids is 3. The highest BCUT2D eigenvalue weighted by molar-refractivity contribution is 6.00. The molecule has 0 aliphatic carbocycles. The molecule has 27 N–H and O–H groups in total. The van der Waals surface area contributed by atoms with E-state index < -0.39 is 193 Å². The third kappa shape index (κ3) is 39.1. The van der Waals surface area contributed by atoms with E-state index in [1.807, 2.05) is 32.0 Å². The number of fused-ring (bicyclic) bond motifs is 2. The number of unbranched alkanes of at least 4 members (excludes halogenated alkanes) is 2. The Hall–Kier alpha value is -14.9. The summed E-state index contributed by atoms with van der Waals surface area (Å²) < 4.78 is 11.4. The smallest absolute Gasteiger partial charge is 0.326 e. The first kappa shape index (κ1) is 108. The van der Waals surface area contributed by atoms with Crippen molar-refractivity contribution in [1.29, 1.82) is 0 Å². The number of nitrogens with zero attached hydrogens (tertiary/aromatic N) is 3. The van der Waals surface area contributed by atoms with Gasteiger partial charge in [-0.25, -0.2) is 9.78 Å². The van der Waals surface area contributed by atoms with Gasteiger partial charge in [-0.05, 0) is 85.8 Å². The van der Waals surface area contributed by atoms with Crippen LogP contribution in [0.3, 0.4) is 0 Å². The molecular weight excluding hydrogens is 1760 g/mol. The summed E-state index contributed by atoms with van der Waals surface area (Å²) in [6.45, 7) is 4.91. The van der Waals surface area contributed by atoms with E-state index in [1.165, 1.54) is 19.4 Å². The Balaban J connectivity index is 0.924. The minimum absolute atomic E-state index is 0.00190. The molecule has 3 heterocycles. The Labute approximate surface area is 785 Å². The number of aliphatic imine (C=N–C) groups is 2. The van der Waals surface area contributed by atoms with Crippen LogP contribution in [0.15, 0.2) is 144 Å². The Morgan fingerprint density at radius 1 is 0.368 bits per heavy atom. The van der Waals surface area contributed by atoms with Gasteiger partial charge in [0.15, 0.2) is 11.9 Å². The minimum Gasteiger partial charge on any atom is -0.481 e. The molecule has 7 aromatic rings. The monoisotopic (exact) mass is 1890 g/mol. The number of hydrogen-bond acceptors (Lipinski definition) is 21. The first-order chi connectivity index (χ1) is 65.3. The van der Waals surface area contributed by atoms with Crippen molar-refractivity contribution in [3.8, 4) is 0 Å².